The van der Waals surface area contributed by atoms with Crippen molar-refractivity contribution < 1.29 is 27.8 Å². The molecule has 0 spiro atoms. The molecule has 0 heterocycles. The van der Waals surface area contributed by atoms with E-state index in [0.29, 0.717) is 0 Å². The quantitative estimate of drug-likeness (QED) is 0.642. The second-order valence-corrected chi connectivity index (χ2v) is 4.26. The lowest BCUT2D eigenvalue weighted by Crippen LogP contribution is -2.12. The maximum atomic E-state index is 13.5. The third-order valence-electron chi connectivity index (χ3n) is 2.70. The average Bonchev–Trinajstić information content (AvgIpc) is 2.50. The van der Waals surface area contributed by atoms with E-state index in [1.54, 1.807) is 6.92 Å². The summed E-state index contributed by atoms with van der Waals surface area (Å²) in [6.07, 6.45) is 0. The minimum atomic E-state index is -1.06. The van der Waals surface area contributed by atoms with Crippen LogP contribution < -0.4 is 4.74 Å². The largest absolute Gasteiger partial charge is 0.462 e. The van der Waals surface area contributed by atoms with Crippen LogP contribution in [0.1, 0.15) is 27.6 Å². The summed E-state index contributed by atoms with van der Waals surface area (Å²) in [6, 6.07) is 8.14. The summed E-state index contributed by atoms with van der Waals surface area (Å²) < 4.78 is 36.3. The molecule has 0 saturated carbocycles. The Labute approximate surface area is 125 Å². The van der Waals surface area contributed by atoms with Gasteiger partial charge in [0.25, 0.3) is 0 Å². The molecule has 0 amide bonds. The minimum Gasteiger partial charge on any atom is -0.462 e. The highest BCUT2D eigenvalue weighted by Gasteiger charge is 2.16. The first kappa shape index (κ1) is 15.6. The van der Waals surface area contributed by atoms with Crippen LogP contribution in [-0.2, 0) is 4.74 Å². The number of carbonyl (C=O) groups is 2. The Balaban J connectivity index is 2.20. The van der Waals surface area contributed by atoms with Crippen LogP contribution in [0.4, 0.5) is 8.78 Å². The van der Waals surface area contributed by atoms with Crippen molar-refractivity contribution in [2.45, 2.75) is 6.92 Å². The predicted octanol–water partition coefficient (Wildman–Crippen LogP) is 3.36. The van der Waals surface area contributed by atoms with Crippen molar-refractivity contribution >= 4 is 11.9 Å². The van der Waals surface area contributed by atoms with Crippen LogP contribution in [0.2, 0.25) is 0 Å². The van der Waals surface area contributed by atoms with E-state index in [4.69, 9.17) is 9.47 Å². The van der Waals surface area contributed by atoms with Gasteiger partial charge in [0.05, 0.1) is 17.7 Å². The summed E-state index contributed by atoms with van der Waals surface area (Å²) in [4.78, 5) is 23.4. The molecular weight excluding hydrogens is 294 g/mol. The maximum Gasteiger partial charge on any atom is 0.346 e. The highest BCUT2D eigenvalue weighted by Crippen LogP contribution is 2.18. The number of benzene rings is 2. The second-order valence-electron chi connectivity index (χ2n) is 4.26. The number of esters is 2. The van der Waals surface area contributed by atoms with Crippen LogP contribution in [0, 0.1) is 11.6 Å². The molecule has 0 aliphatic rings. The van der Waals surface area contributed by atoms with Crippen LogP contribution >= 0.6 is 0 Å². The fourth-order valence-electron chi connectivity index (χ4n) is 1.72. The molecule has 0 unspecified atom stereocenters. The van der Waals surface area contributed by atoms with Crippen molar-refractivity contribution in [3.63, 3.8) is 0 Å². The summed E-state index contributed by atoms with van der Waals surface area (Å²) >= 11 is 0. The molecule has 0 aliphatic heterocycles. The number of hydrogen-bond acceptors (Lipinski definition) is 4. The highest BCUT2D eigenvalue weighted by molar-refractivity contribution is 5.92. The van der Waals surface area contributed by atoms with E-state index < -0.39 is 29.1 Å². The van der Waals surface area contributed by atoms with E-state index in [0.717, 1.165) is 18.2 Å². The normalized spacial score (nSPS) is 10.1. The molecule has 0 bridgehead atoms. The zero-order valence-electron chi connectivity index (χ0n) is 11.6. The van der Waals surface area contributed by atoms with Gasteiger partial charge in [-0.05, 0) is 43.3 Å². The van der Waals surface area contributed by atoms with Crippen molar-refractivity contribution in [1.29, 1.82) is 0 Å². The smallest absolute Gasteiger partial charge is 0.346 e. The first-order valence-electron chi connectivity index (χ1n) is 6.45. The van der Waals surface area contributed by atoms with Crippen LogP contribution in [0.25, 0.3) is 0 Å². The van der Waals surface area contributed by atoms with Crippen LogP contribution in [0.15, 0.2) is 42.5 Å². The molecule has 0 N–H and O–H groups in total. The van der Waals surface area contributed by atoms with Crippen LogP contribution in [0.5, 0.6) is 5.75 Å². The topological polar surface area (TPSA) is 52.6 Å². The summed E-state index contributed by atoms with van der Waals surface area (Å²) in [7, 11) is 0. The van der Waals surface area contributed by atoms with Gasteiger partial charge in [0, 0.05) is 0 Å². The Morgan fingerprint density at radius 2 is 1.82 bits per heavy atom. The molecule has 6 heteroatoms. The summed E-state index contributed by atoms with van der Waals surface area (Å²) in [5, 5.41) is 0. The molecule has 0 atom stereocenters. The SMILES string of the molecule is CCOC(=O)c1cccc(OC(=O)c2cc(F)ccc2F)c1. The van der Waals surface area contributed by atoms with Gasteiger partial charge in [-0.1, -0.05) is 6.07 Å². The molecule has 4 nitrogen and oxygen atoms in total. The van der Waals surface area contributed by atoms with Crippen molar-refractivity contribution in [2.24, 2.45) is 0 Å². The van der Waals surface area contributed by atoms with Crippen molar-refractivity contribution in [3.05, 3.63) is 65.2 Å². The maximum absolute atomic E-state index is 13.5. The van der Waals surface area contributed by atoms with Crippen molar-refractivity contribution in [1.82, 2.24) is 0 Å². The van der Waals surface area contributed by atoms with E-state index in [-0.39, 0.29) is 17.9 Å². The summed E-state index contributed by atoms with van der Waals surface area (Å²) in [6.45, 7) is 1.87. The first-order chi connectivity index (χ1) is 10.5. The van der Waals surface area contributed by atoms with Gasteiger partial charge in [-0.3, -0.25) is 0 Å². The first-order valence-corrected chi connectivity index (χ1v) is 6.45. The lowest BCUT2D eigenvalue weighted by molar-refractivity contribution is 0.0524. The van der Waals surface area contributed by atoms with Gasteiger partial charge in [0.2, 0.25) is 0 Å². The lowest BCUT2D eigenvalue weighted by Gasteiger charge is -2.07. The molecular formula is C16H12F2O4. The molecule has 22 heavy (non-hydrogen) atoms. The number of carbonyl (C=O) groups excluding carboxylic acids is 2. The Morgan fingerprint density at radius 1 is 1.05 bits per heavy atom. The van der Waals surface area contributed by atoms with Crippen LogP contribution in [-0.4, -0.2) is 18.5 Å². The van der Waals surface area contributed by atoms with Gasteiger partial charge >= 0.3 is 11.9 Å². The Kier molecular flexibility index (Phi) is 4.83. The van der Waals surface area contributed by atoms with Gasteiger partial charge in [0.15, 0.2) is 0 Å². The standard InChI is InChI=1S/C16H12F2O4/c1-2-21-15(19)10-4-3-5-12(8-10)22-16(20)13-9-11(17)6-7-14(13)18/h3-9H,2H2,1H3. The van der Waals surface area contributed by atoms with E-state index in [1.165, 1.54) is 24.3 Å². The molecule has 0 radical (unpaired) electrons. The molecule has 2 rings (SSSR count). The summed E-state index contributed by atoms with van der Waals surface area (Å²) in [5.74, 6) is -3.25. The third-order valence-corrected chi connectivity index (χ3v) is 2.70. The van der Waals surface area contributed by atoms with Crippen molar-refractivity contribution in [2.75, 3.05) is 6.61 Å². The Hall–Kier alpha value is -2.76. The fraction of sp³-hybridized carbons (Fsp3) is 0.125. The molecule has 2 aromatic rings. The van der Waals surface area contributed by atoms with E-state index >= 15 is 0 Å². The monoisotopic (exact) mass is 306 g/mol. The summed E-state index contributed by atoms with van der Waals surface area (Å²) in [5.41, 5.74) is -0.339. The zero-order chi connectivity index (χ0) is 16.1. The molecule has 114 valence electrons. The Bertz CT molecular complexity index is 713. The minimum absolute atomic E-state index is 0.0271. The van der Waals surface area contributed by atoms with Gasteiger partial charge < -0.3 is 9.47 Å². The molecule has 0 fully saturated rings. The van der Waals surface area contributed by atoms with E-state index in [9.17, 15) is 18.4 Å². The van der Waals surface area contributed by atoms with Crippen LogP contribution in [0.3, 0.4) is 0 Å². The van der Waals surface area contributed by atoms with E-state index in [2.05, 4.69) is 0 Å². The van der Waals surface area contributed by atoms with Gasteiger partial charge in [-0.2, -0.15) is 0 Å². The number of ether oxygens (including phenoxy) is 2. The molecule has 2 aromatic carbocycles. The average molecular weight is 306 g/mol. The predicted molar refractivity (Wildman–Crippen MR) is 73.7 cm³/mol. The number of hydrogen-bond donors (Lipinski definition) is 0. The van der Waals surface area contributed by atoms with Crippen molar-refractivity contribution in [3.8, 4) is 5.75 Å². The molecule has 0 aliphatic carbocycles. The van der Waals surface area contributed by atoms with Gasteiger partial charge in [-0.15, -0.1) is 0 Å². The molecule has 0 aromatic heterocycles. The Morgan fingerprint density at radius 3 is 2.55 bits per heavy atom. The number of rotatable bonds is 4. The highest BCUT2D eigenvalue weighted by atomic mass is 19.1. The third kappa shape index (κ3) is 3.66. The number of halogens is 2. The fourth-order valence-corrected chi connectivity index (χ4v) is 1.72. The second kappa shape index (κ2) is 6.80. The lowest BCUT2D eigenvalue weighted by atomic mass is 10.2. The van der Waals surface area contributed by atoms with Gasteiger partial charge in [-0.25, -0.2) is 18.4 Å². The molecule has 0 saturated heterocycles. The zero-order valence-corrected chi connectivity index (χ0v) is 11.6. The van der Waals surface area contributed by atoms with Gasteiger partial charge in [0.1, 0.15) is 17.4 Å². The van der Waals surface area contributed by atoms with E-state index in [1.807, 2.05) is 0 Å².